The van der Waals surface area contributed by atoms with E-state index in [1.807, 2.05) is 6.07 Å². The SMILES string of the molecule is CC(C)c1cccc(C(C)C)c1N=Cc1cc(F)cc(F)c1. The van der Waals surface area contributed by atoms with Gasteiger partial charge in [0.2, 0.25) is 0 Å². The Balaban J connectivity index is 2.49. The molecule has 0 amide bonds. The molecule has 0 aliphatic rings. The highest BCUT2D eigenvalue weighted by atomic mass is 19.1. The van der Waals surface area contributed by atoms with Gasteiger partial charge in [-0.25, -0.2) is 8.78 Å². The Morgan fingerprint density at radius 1 is 0.864 bits per heavy atom. The van der Waals surface area contributed by atoms with Crippen molar-refractivity contribution in [1.82, 2.24) is 0 Å². The Bertz CT molecular complexity index is 641. The van der Waals surface area contributed by atoms with Crippen molar-refractivity contribution in [3.63, 3.8) is 0 Å². The minimum absolute atomic E-state index is 0.329. The normalized spacial score (nSPS) is 11.8. The summed E-state index contributed by atoms with van der Waals surface area (Å²) in [5.74, 6) is -0.532. The first-order valence-corrected chi connectivity index (χ1v) is 7.51. The van der Waals surface area contributed by atoms with Gasteiger partial charge in [0, 0.05) is 12.3 Å². The molecular formula is C19H21F2N. The maximum absolute atomic E-state index is 13.3. The van der Waals surface area contributed by atoms with Crippen LogP contribution in [0.15, 0.2) is 41.4 Å². The standard InChI is InChI=1S/C19H21F2N/c1-12(2)17-6-5-7-18(13(3)4)19(17)22-11-14-8-15(20)10-16(21)9-14/h5-13H,1-4H3. The van der Waals surface area contributed by atoms with E-state index in [0.717, 1.165) is 22.9 Å². The van der Waals surface area contributed by atoms with Crippen LogP contribution in [0.4, 0.5) is 14.5 Å². The van der Waals surface area contributed by atoms with Crippen molar-refractivity contribution in [3.8, 4) is 0 Å². The number of benzene rings is 2. The highest BCUT2D eigenvalue weighted by molar-refractivity contribution is 5.83. The lowest BCUT2D eigenvalue weighted by Crippen LogP contribution is -1.96. The summed E-state index contributed by atoms with van der Waals surface area (Å²) in [5, 5.41) is 0. The lowest BCUT2D eigenvalue weighted by molar-refractivity contribution is 0.583. The van der Waals surface area contributed by atoms with Crippen LogP contribution in [-0.4, -0.2) is 6.21 Å². The van der Waals surface area contributed by atoms with E-state index in [1.165, 1.54) is 18.3 Å². The van der Waals surface area contributed by atoms with Crippen LogP contribution in [-0.2, 0) is 0 Å². The summed E-state index contributed by atoms with van der Waals surface area (Å²) in [6, 6.07) is 9.55. The zero-order valence-corrected chi connectivity index (χ0v) is 13.4. The van der Waals surface area contributed by atoms with Crippen LogP contribution in [0, 0.1) is 11.6 Å². The predicted octanol–water partition coefficient (Wildman–Crippen LogP) is 5.96. The average Bonchev–Trinajstić information content (AvgIpc) is 2.43. The molecule has 0 aliphatic carbocycles. The lowest BCUT2D eigenvalue weighted by atomic mass is 9.93. The zero-order valence-electron chi connectivity index (χ0n) is 13.4. The first-order valence-electron chi connectivity index (χ1n) is 7.51. The molecule has 22 heavy (non-hydrogen) atoms. The zero-order chi connectivity index (χ0) is 16.3. The summed E-state index contributed by atoms with van der Waals surface area (Å²) in [7, 11) is 0. The molecule has 116 valence electrons. The molecule has 1 nitrogen and oxygen atoms in total. The molecule has 3 heteroatoms. The van der Waals surface area contributed by atoms with Crippen LogP contribution in [0.25, 0.3) is 0 Å². The fourth-order valence-corrected chi connectivity index (χ4v) is 2.45. The molecule has 0 saturated heterocycles. The summed E-state index contributed by atoms with van der Waals surface area (Å²) in [6.07, 6.45) is 1.53. The molecule has 0 heterocycles. The van der Waals surface area contributed by atoms with Crippen molar-refractivity contribution in [2.45, 2.75) is 39.5 Å². The van der Waals surface area contributed by atoms with Gasteiger partial charge in [-0.2, -0.15) is 0 Å². The molecule has 0 atom stereocenters. The topological polar surface area (TPSA) is 12.4 Å². The predicted molar refractivity (Wildman–Crippen MR) is 88.2 cm³/mol. The summed E-state index contributed by atoms with van der Waals surface area (Å²) >= 11 is 0. The molecule has 0 aromatic heterocycles. The van der Waals surface area contributed by atoms with Gasteiger partial charge in [-0.05, 0) is 40.7 Å². The van der Waals surface area contributed by atoms with Crippen molar-refractivity contribution < 1.29 is 8.78 Å². The van der Waals surface area contributed by atoms with E-state index >= 15 is 0 Å². The number of nitrogens with zero attached hydrogens (tertiary/aromatic N) is 1. The fourth-order valence-electron chi connectivity index (χ4n) is 2.45. The average molecular weight is 301 g/mol. The smallest absolute Gasteiger partial charge is 0.126 e. The Hall–Kier alpha value is -2.03. The Morgan fingerprint density at radius 2 is 1.36 bits per heavy atom. The molecule has 0 aliphatic heterocycles. The molecule has 0 saturated carbocycles. The highest BCUT2D eigenvalue weighted by Gasteiger charge is 2.12. The van der Waals surface area contributed by atoms with E-state index in [2.05, 4.69) is 44.8 Å². The van der Waals surface area contributed by atoms with Gasteiger partial charge in [0.1, 0.15) is 11.6 Å². The lowest BCUT2D eigenvalue weighted by Gasteiger charge is -2.16. The van der Waals surface area contributed by atoms with Crippen LogP contribution >= 0.6 is 0 Å². The summed E-state index contributed by atoms with van der Waals surface area (Å²) in [4.78, 5) is 4.54. The Morgan fingerprint density at radius 3 is 1.82 bits per heavy atom. The van der Waals surface area contributed by atoms with Crippen molar-refractivity contribution in [2.75, 3.05) is 0 Å². The quantitative estimate of drug-likeness (QED) is 0.618. The molecule has 0 radical (unpaired) electrons. The maximum Gasteiger partial charge on any atom is 0.126 e. The number of halogens is 2. The molecular weight excluding hydrogens is 280 g/mol. The summed E-state index contributed by atoms with van der Waals surface area (Å²) in [5.41, 5.74) is 3.60. The van der Waals surface area contributed by atoms with Gasteiger partial charge in [0.05, 0.1) is 5.69 Å². The molecule has 2 aromatic carbocycles. The summed E-state index contributed by atoms with van der Waals surface area (Å²) < 4.78 is 26.5. The number of rotatable bonds is 4. The second kappa shape index (κ2) is 6.82. The number of hydrogen-bond donors (Lipinski definition) is 0. The third-order valence-corrected chi connectivity index (χ3v) is 3.57. The molecule has 0 fully saturated rings. The van der Waals surface area contributed by atoms with Gasteiger partial charge in [0.25, 0.3) is 0 Å². The Labute approximate surface area is 130 Å². The molecule has 2 rings (SSSR count). The first-order chi connectivity index (χ1) is 10.4. The second-order valence-corrected chi connectivity index (χ2v) is 6.06. The minimum Gasteiger partial charge on any atom is -0.256 e. The number of para-hydroxylation sites is 1. The minimum atomic E-state index is -0.595. The maximum atomic E-state index is 13.3. The van der Waals surface area contributed by atoms with Gasteiger partial charge < -0.3 is 0 Å². The first kappa shape index (κ1) is 16.3. The van der Waals surface area contributed by atoms with Crippen LogP contribution in [0.2, 0.25) is 0 Å². The van der Waals surface area contributed by atoms with Gasteiger partial charge >= 0.3 is 0 Å². The monoisotopic (exact) mass is 301 g/mol. The van der Waals surface area contributed by atoms with E-state index in [0.29, 0.717) is 17.4 Å². The molecule has 0 unspecified atom stereocenters. The van der Waals surface area contributed by atoms with Gasteiger partial charge in [-0.15, -0.1) is 0 Å². The van der Waals surface area contributed by atoms with Gasteiger partial charge in [-0.1, -0.05) is 45.9 Å². The molecule has 2 aromatic rings. The molecule has 0 N–H and O–H groups in total. The van der Waals surface area contributed by atoms with E-state index in [9.17, 15) is 8.78 Å². The van der Waals surface area contributed by atoms with Crippen molar-refractivity contribution in [1.29, 1.82) is 0 Å². The Kier molecular flexibility index (Phi) is 5.07. The fraction of sp³-hybridized carbons (Fsp3) is 0.316. The van der Waals surface area contributed by atoms with E-state index in [1.54, 1.807) is 0 Å². The van der Waals surface area contributed by atoms with E-state index in [4.69, 9.17) is 0 Å². The van der Waals surface area contributed by atoms with Crippen LogP contribution in [0.1, 0.15) is 56.2 Å². The number of hydrogen-bond acceptors (Lipinski definition) is 1. The van der Waals surface area contributed by atoms with E-state index in [-0.39, 0.29) is 0 Å². The third kappa shape index (κ3) is 3.79. The number of aliphatic imine (C=N–C) groups is 1. The van der Waals surface area contributed by atoms with Gasteiger partial charge in [-0.3, -0.25) is 4.99 Å². The van der Waals surface area contributed by atoms with E-state index < -0.39 is 11.6 Å². The van der Waals surface area contributed by atoms with Crippen molar-refractivity contribution >= 4 is 11.9 Å². The van der Waals surface area contributed by atoms with Crippen LogP contribution < -0.4 is 0 Å². The highest BCUT2D eigenvalue weighted by Crippen LogP contribution is 2.34. The largest absolute Gasteiger partial charge is 0.256 e. The molecule has 0 bridgehead atoms. The van der Waals surface area contributed by atoms with Crippen LogP contribution in [0.3, 0.4) is 0 Å². The molecule has 0 spiro atoms. The second-order valence-electron chi connectivity index (χ2n) is 6.06. The summed E-state index contributed by atoms with van der Waals surface area (Å²) in [6.45, 7) is 8.45. The third-order valence-electron chi connectivity index (χ3n) is 3.57. The van der Waals surface area contributed by atoms with Gasteiger partial charge in [0.15, 0.2) is 0 Å². The van der Waals surface area contributed by atoms with Crippen molar-refractivity contribution in [2.24, 2.45) is 4.99 Å². The van der Waals surface area contributed by atoms with Crippen molar-refractivity contribution in [3.05, 3.63) is 64.7 Å². The van der Waals surface area contributed by atoms with Crippen LogP contribution in [0.5, 0.6) is 0 Å².